The van der Waals surface area contributed by atoms with Crippen molar-refractivity contribution in [3.05, 3.63) is 71.8 Å². The summed E-state index contributed by atoms with van der Waals surface area (Å²) in [5.74, 6) is -0.353. The molecule has 0 bridgehead atoms. The van der Waals surface area contributed by atoms with Gasteiger partial charge in [-0.2, -0.15) is 0 Å². The topological polar surface area (TPSA) is 67.4 Å². The number of hydrogen-bond donors (Lipinski definition) is 2. The molecule has 2 aromatic carbocycles. The summed E-state index contributed by atoms with van der Waals surface area (Å²) < 4.78 is 5.53. The standard InChI is InChI=1S/C19H20N2O3/c1-2-14-24-17-11-7-6-10-16(17)19(23)21-20-18(22)13-12-15-8-4-3-5-9-15/h3-13H,2,14H2,1H3,(H,20,22)(H,21,23). The molecule has 5 nitrogen and oxygen atoms in total. The van der Waals surface area contributed by atoms with E-state index in [1.165, 1.54) is 6.08 Å². The summed E-state index contributed by atoms with van der Waals surface area (Å²) in [5.41, 5.74) is 6.01. The fourth-order valence-corrected chi connectivity index (χ4v) is 1.96. The Kier molecular flexibility index (Phi) is 6.58. The van der Waals surface area contributed by atoms with Crippen LogP contribution in [0.1, 0.15) is 29.3 Å². The number of hydrogen-bond acceptors (Lipinski definition) is 3. The SMILES string of the molecule is CCCOc1ccccc1C(=O)NNC(=O)C=Cc1ccccc1. The predicted molar refractivity (Wildman–Crippen MR) is 93.3 cm³/mol. The van der Waals surface area contributed by atoms with E-state index in [0.29, 0.717) is 17.9 Å². The minimum atomic E-state index is -0.428. The van der Waals surface area contributed by atoms with Crippen LogP contribution in [-0.4, -0.2) is 18.4 Å². The fraction of sp³-hybridized carbons (Fsp3) is 0.158. The van der Waals surface area contributed by atoms with Gasteiger partial charge in [-0.25, -0.2) is 0 Å². The zero-order valence-corrected chi connectivity index (χ0v) is 13.5. The van der Waals surface area contributed by atoms with Crippen LogP contribution in [0.25, 0.3) is 6.08 Å². The first kappa shape index (κ1) is 17.3. The molecular weight excluding hydrogens is 304 g/mol. The van der Waals surface area contributed by atoms with Gasteiger partial charge in [0.1, 0.15) is 5.75 Å². The summed E-state index contributed by atoms with van der Waals surface area (Å²) in [6, 6.07) is 16.3. The van der Waals surface area contributed by atoms with Gasteiger partial charge in [-0.1, -0.05) is 49.4 Å². The van der Waals surface area contributed by atoms with Crippen molar-refractivity contribution < 1.29 is 14.3 Å². The smallest absolute Gasteiger partial charge is 0.273 e. The number of nitrogens with one attached hydrogen (secondary N) is 2. The molecule has 0 fully saturated rings. The molecule has 0 saturated heterocycles. The van der Waals surface area contributed by atoms with Crippen LogP contribution in [0.15, 0.2) is 60.7 Å². The van der Waals surface area contributed by atoms with Gasteiger partial charge in [-0.3, -0.25) is 20.4 Å². The summed E-state index contributed by atoms with van der Waals surface area (Å²) in [6.07, 6.45) is 3.87. The van der Waals surface area contributed by atoms with Crippen molar-refractivity contribution in [2.24, 2.45) is 0 Å². The van der Waals surface area contributed by atoms with E-state index in [4.69, 9.17) is 4.74 Å². The number of carbonyl (C=O) groups excluding carboxylic acids is 2. The molecule has 2 aromatic rings. The van der Waals surface area contributed by atoms with Crippen LogP contribution in [-0.2, 0) is 4.79 Å². The lowest BCUT2D eigenvalue weighted by atomic mass is 10.2. The van der Waals surface area contributed by atoms with Gasteiger partial charge in [0.25, 0.3) is 11.8 Å². The maximum absolute atomic E-state index is 12.2. The molecule has 0 unspecified atom stereocenters. The molecule has 0 spiro atoms. The van der Waals surface area contributed by atoms with Gasteiger partial charge in [0.2, 0.25) is 0 Å². The molecule has 5 heteroatoms. The van der Waals surface area contributed by atoms with E-state index in [1.54, 1.807) is 30.3 Å². The number of carbonyl (C=O) groups is 2. The molecule has 124 valence electrons. The predicted octanol–water partition coefficient (Wildman–Crippen LogP) is 2.95. The highest BCUT2D eigenvalue weighted by Crippen LogP contribution is 2.17. The van der Waals surface area contributed by atoms with E-state index < -0.39 is 11.8 Å². The van der Waals surface area contributed by atoms with Gasteiger partial charge < -0.3 is 4.74 Å². The molecule has 0 saturated carbocycles. The van der Waals surface area contributed by atoms with Crippen molar-refractivity contribution in [2.45, 2.75) is 13.3 Å². The second-order valence-corrected chi connectivity index (χ2v) is 5.03. The third-order valence-corrected chi connectivity index (χ3v) is 3.12. The van der Waals surface area contributed by atoms with Crippen molar-refractivity contribution in [3.63, 3.8) is 0 Å². The number of amides is 2. The summed E-state index contributed by atoms with van der Waals surface area (Å²) in [5, 5.41) is 0. The number of rotatable bonds is 6. The van der Waals surface area contributed by atoms with E-state index >= 15 is 0 Å². The third-order valence-electron chi connectivity index (χ3n) is 3.12. The molecule has 0 aliphatic carbocycles. The molecule has 0 radical (unpaired) electrons. The monoisotopic (exact) mass is 324 g/mol. The highest BCUT2D eigenvalue weighted by Gasteiger charge is 2.12. The Bertz CT molecular complexity index is 712. The third kappa shape index (κ3) is 5.28. The fourth-order valence-electron chi connectivity index (χ4n) is 1.96. The summed E-state index contributed by atoms with van der Waals surface area (Å²) in [7, 11) is 0. The van der Waals surface area contributed by atoms with Crippen molar-refractivity contribution in [1.29, 1.82) is 0 Å². The zero-order chi connectivity index (χ0) is 17.2. The lowest BCUT2D eigenvalue weighted by molar-refractivity contribution is -0.117. The Labute approximate surface area is 141 Å². The van der Waals surface area contributed by atoms with Crippen LogP contribution < -0.4 is 15.6 Å². The number of ether oxygens (including phenoxy) is 1. The van der Waals surface area contributed by atoms with Gasteiger partial charge in [0, 0.05) is 6.08 Å². The van der Waals surface area contributed by atoms with Crippen molar-refractivity contribution in [2.75, 3.05) is 6.61 Å². The number of para-hydroxylation sites is 1. The molecule has 2 N–H and O–H groups in total. The van der Waals surface area contributed by atoms with E-state index in [-0.39, 0.29) is 0 Å². The van der Waals surface area contributed by atoms with E-state index in [1.807, 2.05) is 37.3 Å². The normalized spacial score (nSPS) is 10.4. The minimum Gasteiger partial charge on any atom is -0.493 e. The quantitative estimate of drug-likeness (QED) is 0.634. The first-order valence-corrected chi connectivity index (χ1v) is 7.76. The van der Waals surface area contributed by atoms with Gasteiger partial charge in [0.15, 0.2) is 0 Å². The van der Waals surface area contributed by atoms with Crippen LogP contribution in [0.4, 0.5) is 0 Å². The van der Waals surface area contributed by atoms with Crippen LogP contribution in [0.2, 0.25) is 0 Å². The molecule has 2 amide bonds. The minimum absolute atomic E-state index is 0.373. The van der Waals surface area contributed by atoms with E-state index in [9.17, 15) is 9.59 Å². The maximum atomic E-state index is 12.2. The molecule has 0 aromatic heterocycles. The Morgan fingerprint density at radius 1 is 1.00 bits per heavy atom. The molecule has 0 aliphatic heterocycles. The highest BCUT2D eigenvalue weighted by molar-refractivity contribution is 5.99. The Morgan fingerprint density at radius 3 is 2.46 bits per heavy atom. The van der Waals surface area contributed by atoms with Gasteiger partial charge in [-0.15, -0.1) is 0 Å². The second kappa shape index (κ2) is 9.15. The lowest BCUT2D eigenvalue weighted by Crippen LogP contribution is -2.40. The maximum Gasteiger partial charge on any atom is 0.273 e. The summed E-state index contributed by atoms with van der Waals surface area (Å²) in [4.78, 5) is 23.9. The van der Waals surface area contributed by atoms with Crippen LogP contribution in [0.5, 0.6) is 5.75 Å². The lowest BCUT2D eigenvalue weighted by Gasteiger charge is -2.11. The highest BCUT2D eigenvalue weighted by atomic mass is 16.5. The average Bonchev–Trinajstić information content (AvgIpc) is 2.63. The largest absolute Gasteiger partial charge is 0.493 e. The molecular formula is C19H20N2O3. The molecule has 0 aliphatic rings. The zero-order valence-electron chi connectivity index (χ0n) is 13.5. The van der Waals surface area contributed by atoms with Crippen LogP contribution in [0.3, 0.4) is 0 Å². The summed E-state index contributed by atoms with van der Waals surface area (Å²) >= 11 is 0. The number of hydrazine groups is 1. The van der Waals surface area contributed by atoms with Gasteiger partial charge in [0.05, 0.1) is 12.2 Å². The van der Waals surface area contributed by atoms with Crippen molar-refractivity contribution in [3.8, 4) is 5.75 Å². The molecule has 0 atom stereocenters. The van der Waals surface area contributed by atoms with Crippen LogP contribution in [0, 0.1) is 0 Å². The number of benzene rings is 2. The van der Waals surface area contributed by atoms with E-state index in [0.717, 1.165) is 12.0 Å². The van der Waals surface area contributed by atoms with E-state index in [2.05, 4.69) is 10.9 Å². The Balaban J connectivity index is 1.91. The molecule has 2 rings (SSSR count). The van der Waals surface area contributed by atoms with Gasteiger partial charge in [-0.05, 0) is 30.2 Å². The second-order valence-electron chi connectivity index (χ2n) is 5.03. The van der Waals surface area contributed by atoms with Crippen LogP contribution >= 0.6 is 0 Å². The molecule has 0 heterocycles. The first-order chi connectivity index (χ1) is 11.7. The Morgan fingerprint density at radius 2 is 1.71 bits per heavy atom. The molecule has 24 heavy (non-hydrogen) atoms. The van der Waals surface area contributed by atoms with Crippen molar-refractivity contribution in [1.82, 2.24) is 10.9 Å². The Hall–Kier alpha value is -3.08. The van der Waals surface area contributed by atoms with Crippen molar-refractivity contribution >= 4 is 17.9 Å². The summed E-state index contributed by atoms with van der Waals surface area (Å²) in [6.45, 7) is 2.51. The first-order valence-electron chi connectivity index (χ1n) is 7.76. The average molecular weight is 324 g/mol. The van der Waals surface area contributed by atoms with Gasteiger partial charge >= 0.3 is 0 Å².